The number of H-pyrrole nitrogens is 1. The average molecular weight is 550 g/mol. The van der Waals surface area contributed by atoms with E-state index in [1.807, 2.05) is 13.0 Å². The zero-order valence-corrected chi connectivity index (χ0v) is 24.2. The van der Waals surface area contributed by atoms with Gasteiger partial charge in [0, 0.05) is 37.0 Å². The number of pyridine rings is 1. The molecular weight excluding hydrogens is 506 g/mol. The molecular formula is C31H43N5O4. The topological polar surface area (TPSA) is 101 Å². The van der Waals surface area contributed by atoms with E-state index >= 15 is 0 Å². The molecule has 0 radical (unpaired) electrons. The van der Waals surface area contributed by atoms with Gasteiger partial charge in [-0.2, -0.15) is 0 Å². The molecule has 9 nitrogen and oxygen atoms in total. The van der Waals surface area contributed by atoms with Crippen molar-refractivity contribution in [3.8, 4) is 11.4 Å². The minimum absolute atomic E-state index is 0.0442. The summed E-state index contributed by atoms with van der Waals surface area (Å²) < 4.78 is 14.1. The maximum atomic E-state index is 13.0. The Kier molecular flexibility index (Phi) is 9.03. The van der Waals surface area contributed by atoms with E-state index in [1.54, 1.807) is 6.20 Å². The molecule has 0 bridgehead atoms. The fourth-order valence-corrected chi connectivity index (χ4v) is 5.83. The predicted molar refractivity (Wildman–Crippen MR) is 156 cm³/mol. The molecule has 1 saturated heterocycles. The van der Waals surface area contributed by atoms with Crippen LogP contribution in [0.25, 0.3) is 22.4 Å². The Bertz CT molecular complexity index is 1370. The maximum Gasteiger partial charge on any atom is 0.323 e. The summed E-state index contributed by atoms with van der Waals surface area (Å²) in [6, 6.07) is 7.83. The van der Waals surface area contributed by atoms with Gasteiger partial charge in [-0.15, -0.1) is 0 Å². The molecule has 5 rings (SSSR count). The van der Waals surface area contributed by atoms with Gasteiger partial charge in [-0.1, -0.05) is 19.9 Å². The number of carbonyl (C=O) groups excluding carboxylic acids is 1. The molecule has 216 valence electrons. The number of morpholine rings is 1. The summed E-state index contributed by atoms with van der Waals surface area (Å²) in [5.74, 6) is 1.03. The molecule has 3 aromatic rings. The monoisotopic (exact) mass is 549 g/mol. The highest BCUT2D eigenvalue weighted by Gasteiger charge is 2.26. The largest absolute Gasteiger partial charge is 0.461 e. The lowest BCUT2D eigenvalue weighted by Gasteiger charge is -2.30. The smallest absolute Gasteiger partial charge is 0.323 e. The van der Waals surface area contributed by atoms with Crippen LogP contribution in [0.2, 0.25) is 0 Å². The summed E-state index contributed by atoms with van der Waals surface area (Å²) in [5, 5.41) is 3.47. The molecule has 2 aromatic heterocycles. The summed E-state index contributed by atoms with van der Waals surface area (Å²) in [4.78, 5) is 35.2. The third kappa shape index (κ3) is 6.82. The predicted octanol–water partition coefficient (Wildman–Crippen LogP) is 4.02. The average Bonchev–Trinajstić information content (AvgIpc) is 3.55. The van der Waals surface area contributed by atoms with Crippen molar-refractivity contribution in [1.29, 1.82) is 0 Å². The van der Waals surface area contributed by atoms with Gasteiger partial charge in [0.2, 0.25) is 0 Å². The molecule has 2 atom stereocenters. The molecule has 1 aromatic carbocycles. The van der Waals surface area contributed by atoms with E-state index in [1.165, 1.54) is 0 Å². The van der Waals surface area contributed by atoms with E-state index in [9.17, 15) is 9.59 Å². The Morgan fingerprint density at radius 3 is 2.77 bits per heavy atom. The zero-order chi connectivity index (χ0) is 28.2. The van der Waals surface area contributed by atoms with Crippen LogP contribution >= 0.6 is 0 Å². The number of imidazole rings is 1. The lowest BCUT2D eigenvalue weighted by atomic mass is 10.0. The van der Waals surface area contributed by atoms with Crippen molar-refractivity contribution in [3.05, 3.63) is 51.9 Å². The number of fused-ring (bicyclic) bond motifs is 1. The molecule has 2 fully saturated rings. The molecule has 2 N–H and O–H groups in total. The minimum Gasteiger partial charge on any atom is -0.461 e. The highest BCUT2D eigenvalue weighted by atomic mass is 16.5. The molecule has 1 aliphatic heterocycles. The van der Waals surface area contributed by atoms with Gasteiger partial charge >= 0.3 is 5.97 Å². The van der Waals surface area contributed by atoms with Crippen molar-refractivity contribution >= 4 is 17.0 Å². The van der Waals surface area contributed by atoms with E-state index < -0.39 is 0 Å². The Balaban J connectivity index is 1.40. The number of rotatable bonds is 10. The van der Waals surface area contributed by atoms with Crippen molar-refractivity contribution < 1.29 is 14.3 Å². The Labute approximate surface area is 236 Å². The lowest BCUT2D eigenvalue weighted by molar-refractivity contribution is -0.151. The van der Waals surface area contributed by atoms with E-state index in [-0.39, 0.29) is 29.8 Å². The molecule has 40 heavy (non-hydrogen) atoms. The number of carbonyl (C=O) groups is 1. The normalized spacial score (nSPS) is 19.5. The van der Waals surface area contributed by atoms with Gasteiger partial charge in [0.05, 0.1) is 30.3 Å². The number of nitrogens with zero attached hydrogens (tertiary/aromatic N) is 3. The van der Waals surface area contributed by atoms with Crippen LogP contribution in [0, 0.1) is 12.8 Å². The number of hydrogen-bond acceptors (Lipinski definition) is 7. The number of benzene rings is 1. The third-order valence-corrected chi connectivity index (χ3v) is 8.02. The first-order valence-corrected chi connectivity index (χ1v) is 14.7. The maximum absolute atomic E-state index is 13.0. The summed E-state index contributed by atoms with van der Waals surface area (Å²) >= 11 is 0. The second kappa shape index (κ2) is 12.7. The Hall–Kier alpha value is -3.01. The SMILES string of the molecule is Cc1cc(-c2nc3cc(CN[C@@H](CC(C)C)C(=O)OC4CCCC4)ccc3n2CC2CN(C)CCO2)c[nH]c1=O. The van der Waals surface area contributed by atoms with Gasteiger partial charge in [0.1, 0.15) is 18.0 Å². The van der Waals surface area contributed by atoms with Gasteiger partial charge < -0.3 is 29.2 Å². The van der Waals surface area contributed by atoms with Crippen molar-refractivity contribution in [2.45, 2.75) is 84.2 Å². The first kappa shape index (κ1) is 28.5. The van der Waals surface area contributed by atoms with Crippen LogP contribution in [-0.2, 0) is 27.4 Å². The second-order valence-electron chi connectivity index (χ2n) is 11.9. The van der Waals surface area contributed by atoms with Crippen molar-refractivity contribution in [3.63, 3.8) is 0 Å². The molecule has 1 aliphatic carbocycles. The number of likely N-dealkylation sites (N-methyl/N-ethyl adjacent to an activating group) is 1. The molecule has 2 aliphatic rings. The van der Waals surface area contributed by atoms with Crippen LogP contribution in [0.4, 0.5) is 0 Å². The lowest BCUT2D eigenvalue weighted by Crippen LogP contribution is -2.42. The first-order chi connectivity index (χ1) is 19.3. The van der Waals surface area contributed by atoms with Crippen LogP contribution in [0.5, 0.6) is 0 Å². The number of ether oxygens (including phenoxy) is 2. The van der Waals surface area contributed by atoms with E-state index in [2.05, 4.69) is 58.9 Å². The van der Waals surface area contributed by atoms with Crippen LogP contribution in [0.15, 0.2) is 35.3 Å². The molecule has 0 spiro atoms. The van der Waals surface area contributed by atoms with Crippen LogP contribution < -0.4 is 10.9 Å². The van der Waals surface area contributed by atoms with Crippen molar-refractivity contribution in [2.24, 2.45) is 5.92 Å². The minimum atomic E-state index is -0.339. The molecule has 3 heterocycles. The number of nitrogens with one attached hydrogen (secondary N) is 2. The van der Waals surface area contributed by atoms with E-state index in [0.717, 1.165) is 73.2 Å². The number of esters is 1. The fourth-order valence-electron chi connectivity index (χ4n) is 5.83. The summed E-state index contributed by atoms with van der Waals surface area (Å²) in [5.41, 5.74) is 4.35. The Morgan fingerprint density at radius 2 is 2.05 bits per heavy atom. The van der Waals surface area contributed by atoms with Gasteiger partial charge in [-0.3, -0.25) is 9.59 Å². The van der Waals surface area contributed by atoms with E-state index in [4.69, 9.17) is 14.5 Å². The number of aromatic nitrogens is 3. The van der Waals surface area contributed by atoms with Crippen LogP contribution in [0.3, 0.4) is 0 Å². The fraction of sp³-hybridized carbons (Fsp3) is 0.581. The van der Waals surface area contributed by atoms with Crippen LogP contribution in [0.1, 0.15) is 57.1 Å². The first-order valence-electron chi connectivity index (χ1n) is 14.7. The standard InChI is InChI=1S/C31H43N5O4/c1-20(2)13-27(31(38)40-24-7-5-6-8-24)32-16-22-9-10-28-26(15-22)34-29(23-14-21(3)30(37)33-17-23)36(28)19-25-18-35(4)11-12-39-25/h9-10,14-15,17,20,24-25,27,32H,5-8,11-13,16,18-19H2,1-4H3,(H,33,37)/t25?,27-/m0/s1. The second-order valence-corrected chi connectivity index (χ2v) is 11.9. The molecule has 1 saturated carbocycles. The molecule has 1 unspecified atom stereocenters. The highest BCUT2D eigenvalue weighted by molar-refractivity contribution is 5.81. The zero-order valence-electron chi connectivity index (χ0n) is 24.2. The van der Waals surface area contributed by atoms with Crippen molar-refractivity contribution in [1.82, 2.24) is 24.8 Å². The van der Waals surface area contributed by atoms with Gasteiger partial charge in [0.25, 0.3) is 5.56 Å². The number of hydrogen-bond donors (Lipinski definition) is 2. The van der Waals surface area contributed by atoms with Crippen molar-refractivity contribution in [2.75, 3.05) is 26.7 Å². The van der Waals surface area contributed by atoms with E-state index in [0.29, 0.717) is 31.2 Å². The summed E-state index contributed by atoms with van der Waals surface area (Å²) in [6.45, 7) is 9.75. The third-order valence-electron chi connectivity index (χ3n) is 8.02. The van der Waals surface area contributed by atoms with Gasteiger partial charge in [0.15, 0.2) is 0 Å². The van der Waals surface area contributed by atoms with Crippen LogP contribution in [-0.4, -0.2) is 70.4 Å². The molecule has 9 heteroatoms. The number of aryl methyl sites for hydroxylation is 1. The highest BCUT2D eigenvalue weighted by Crippen LogP contribution is 2.27. The quantitative estimate of drug-likeness (QED) is 0.369. The van der Waals surface area contributed by atoms with Gasteiger partial charge in [-0.25, -0.2) is 4.98 Å². The van der Waals surface area contributed by atoms with Gasteiger partial charge in [-0.05, 0) is 75.8 Å². The number of aromatic amines is 1. The Morgan fingerprint density at radius 1 is 1.25 bits per heavy atom. The summed E-state index contributed by atoms with van der Waals surface area (Å²) in [6.07, 6.45) is 6.78. The molecule has 0 amide bonds. The summed E-state index contributed by atoms with van der Waals surface area (Å²) in [7, 11) is 2.11.